The molecule has 1 aliphatic rings. The van der Waals surface area contributed by atoms with Gasteiger partial charge in [0.25, 0.3) is 0 Å². The fourth-order valence-corrected chi connectivity index (χ4v) is 3.96. The van der Waals surface area contributed by atoms with Gasteiger partial charge in [0, 0.05) is 19.8 Å². The standard InChI is InChI=1S/C16H25N3O3S.ClH/c1-12-7-8-13(11-14(12)23(21,22)19(2)3)18-15(20)16(17)9-5-4-6-10-16;/h7-8,11H,4-6,9-10,17H2,1-3H3,(H,18,20);1H. The van der Waals surface area contributed by atoms with E-state index in [9.17, 15) is 13.2 Å². The number of carbonyl (C=O) groups is 1. The van der Waals surface area contributed by atoms with Crippen LogP contribution in [0.1, 0.15) is 37.7 Å². The van der Waals surface area contributed by atoms with Crippen molar-refractivity contribution >= 4 is 34.0 Å². The van der Waals surface area contributed by atoms with E-state index in [1.54, 1.807) is 19.1 Å². The molecule has 3 N–H and O–H groups in total. The largest absolute Gasteiger partial charge is 0.324 e. The zero-order valence-electron chi connectivity index (χ0n) is 14.3. The maximum atomic E-state index is 12.5. The molecular weight excluding hydrogens is 350 g/mol. The van der Waals surface area contributed by atoms with Gasteiger partial charge < -0.3 is 11.1 Å². The van der Waals surface area contributed by atoms with Gasteiger partial charge in [0.1, 0.15) is 0 Å². The molecule has 0 saturated heterocycles. The summed E-state index contributed by atoms with van der Waals surface area (Å²) in [6, 6.07) is 4.89. The average Bonchev–Trinajstić information content (AvgIpc) is 2.49. The molecule has 6 nitrogen and oxygen atoms in total. The molecule has 1 fully saturated rings. The monoisotopic (exact) mass is 375 g/mol. The normalized spacial score (nSPS) is 17.2. The number of rotatable bonds is 4. The van der Waals surface area contributed by atoms with E-state index >= 15 is 0 Å². The highest BCUT2D eigenvalue weighted by atomic mass is 35.5. The number of nitrogens with two attached hydrogens (primary N) is 1. The summed E-state index contributed by atoms with van der Waals surface area (Å²) in [6.45, 7) is 1.73. The van der Waals surface area contributed by atoms with E-state index < -0.39 is 15.6 Å². The Hall–Kier alpha value is -1.15. The Morgan fingerprint density at radius 1 is 1.21 bits per heavy atom. The molecule has 0 radical (unpaired) electrons. The number of hydrogen-bond acceptors (Lipinski definition) is 4. The van der Waals surface area contributed by atoms with Gasteiger partial charge in [-0.15, -0.1) is 12.4 Å². The van der Waals surface area contributed by atoms with Crippen molar-refractivity contribution in [3.05, 3.63) is 23.8 Å². The van der Waals surface area contributed by atoms with Crippen LogP contribution in [0, 0.1) is 6.92 Å². The van der Waals surface area contributed by atoms with Gasteiger partial charge in [0.2, 0.25) is 15.9 Å². The van der Waals surface area contributed by atoms with Gasteiger partial charge in [0.05, 0.1) is 10.4 Å². The minimum absolute atomic E-state index is 0. The van der Waals surface area contributed by atoms with Crippen LogP contribution in [0.3, 0.4) is 0 Å². The van der Waals surface area contributed by atoms with Crippen molar-refractivity contribution in [2.24, 2.45) is 5.73 Å². The van der Waals surface area contributed by atoms with Gasteiger partial charge in [-0.05, 0) is 37.5 Å². The van der Waals surface area contributed by atoms with Gasteiger partial charge in [-0.1, -0.05) is 25.3 Å². The van der Waals surface area contributed by atoms with Crippen LogP contribution in [0.15, 0.2) is 23.1 Å². The molecule has 1 aromatic carbocycles. The summed E-state index contributed by atoms with van der Waals surface area (Å²) in [5.41, 5.74) is 6.45. The van der Waals surface area contributed by atoms with Crippen molar-refractivity contribution in [2.45, 2.75) is 49.5 Å². The number of carbonyl (C=O) groups excluding carboxylic acids is 1. The Morgan fingerprint density at radius 2 is 1.79 bits per heavy atom. The van der Waals surface area contributed by atoms with Crippen LogP contribution in [0.25, 0.3) is 0 Å². The SMILES string of the molecule is Cc1ccc(NC(=O)C2(N)CCCCC2)cc1S(=O)(=O)N(C)C.Cl. The number of nitrogens with zero attached hydrogens (tertiary/aromatic N) is 1. The number of anilines is 1. The van der Waals surface area contributed by atoms with E-state index in [-0.39, 0.29) is 23.2 Å². The van der Waals surface area contributed by atoms with Crippen LogP contribution in [-0.4, -0.2) is 38.3 Å². The highest BCUT2D eigenvalue weighted by Gasteiger charge is 2.35. The number of benzene rings is 1. The fourth-order valence-electron chi connectivity index (χ4n) is 2.82. The van der Waals surface area contributed by atoms with Crippen LogP contribution in [0.5, 0.6) is 0 Å². The van der Waals surface area contributed by atoms with Crippen LogP contribution in [0.2, 0.25) is 0 Å². The number of aryl methyl sites for hydroxylation is 1. The van der Waals surface area contributed by atoms with Crippen molar-refractivity contribution < 1.29 is 13.2 Å². The molecule has 0 spiro atoms. The van der Waals surface area contributed by atoms with E-state index in [2.05, 4.69) is 5.32 Å². The number of nitrogens with one attached hydrogen (secondary N) is 1. The molecule has 2 rings (SSSR count). The Balaban J connectivity index is 0.00000288. The predicted octanol–water partition coefficient (Wildman–Crippen LogP) is 2.27. The molecule has 136 valence electrons. The van der Waals surface area contributed by atoms with Crippen LogP contribution in [0.4, 0.5) is 5.69 Å². The third-order valence-corrected chi connectivity index (χ3v) is 6.36. The zero-order valence-corrected chi connectivity index (χ0v) is 16.0. The first kappa shape index (κ1) is 20.9. The molecule has 0 atom stereocenters. The maximum Gasteiger partial charge on any atom is 0.244 e. The van der Waals surface area contributed by atoms with Gasteiger partial charge in [-0.25, -0.2) is 12.7 Å². The first-order chi connectivity index (χ1) is 10.7. The fraction of sp³-hybridized carbons (Fsp3) is 0.562. The highest BCUT2D eigenvalue weighted by Crippen LogP contribution is 2.28. The van der Waals surface area contributed by atoms with Crippen molar-refractivity contribution in [3.8, 4) is 0 Å². The lowest BCUT2D eigenvalue weighted by Crippen LogP contribution is -2.52. The van der Waals surface area contributed by atoms with Gasteiger partial charge in [0.15, 0.2) is 0 Å². The number of hydrogen-bond donors (Lipinski definition) is 2. The van der Waals surface area contributed by atoms with Gasteiger partial charge in [-0.2, -0.15) is 0 Å². The third-order valence-electron chi connectivity index (χ3n) is 4.40. The lowest BCUT2D eigenvalue weighted by molar-refractivity contribution is -0.122. The topological polar surface area (TPSA) is 92.5 Å². The van der Waals surface area contributed by atoms with Gasteiger partial charge >= 0.3 is 0 Å². The van der Waals surface area contributed by atoms with Crippen molar-refractivity contribution in [1.82, 2.24) is 4.31 Å². The average molecular weight is 376 g/mol. The van der Waals surface area contributed by atoms with E-state index in [1.165, 1.54) is 20.2 Å². The lowest BCUT2D eigenvalue weighted by atomic mass is 9.82. The summed E-state index contributed by atoms with van der Waals surface area (Å²) in [5, 5.41) is 2.78. The van der Waals surface area contributed by atoms with Crippen molar-refractivity contribution in [2.75, 3.05) is 19.4 Å². The van der Waals surface area contributed by atoms with E-state index in [0.29, 0.717) is 24.1 Å². The molecular formula is C16H26ClN3O3S. The quantitative estimate of drug-likeness (QED) is 0.844. The Bertz CT molecular complexity index is 699. The first-order valence-electron chi connectivity index (χ1n) is 7.80. The molecule has 8 heteroatoms. The predicted molar refractivity (Wildman–Crippen MR) is 97.9 cm³/mol. The Kier molecular flexibility index (Phi) is 6.81. The van der Waals surface area contributed by atoms with E-state index in [4.69, 9.17) is 5.73 Å². The highest BCUT2D eigenvalue weighted by molar-refractivity contribution is 7.89. The first-order valence-corrected chi connectivity index (χ1v) is 9.24. The lowest BCUT2D eigenvalue weighted by Gasteiger charge is -2.31. The second kappa shape index (κ2) is 7.82. The molecule has 0 heterocycles. The summed E-state index contributed by atoms with van der Waals surface area (Å²) in [5.74, 6) is -0.241. The molecule has 1 aliphatic carbocycles. The Morgan fingerprint density at radius 3 is 2.33 bits per heavy atom. The second-order valence-electron chi connectivity index (χ2n) is 6.44. The molecule has 1 saturated carbocycles. The number of amides is 1. The van der Waals surface area contributed by atoms with E-state index in [0.717, 1.165) is 23.6 Å². The third kappa shape index (κ3) is 4.27. The molecule has 0 aromatic heterocycles. The van der Waals surface area contributed by atoms with Crippen molar-refractivity contribution in [3.63, 3.8) is 0 Å². The van der Waals surface area contributed by atoms with Crippen molar-refractivity contribution in [1.29, 1.82) is 0 Å². The summed E-state index contributed by atoms with van der Waals surface area (Å²) < 4.78 is 25.8. The smallest absolute Gasteiger partial charge is 0.244 e. The Labute approximate surface area is 150 Å². The van der Waals surface area contributed by atoms with Crippen LogP contribution >= 0.6 is 12.4 Å². The molecule has 1 aromatic rings. The minimum atomic E-state index is -3.56. The zero-order chi connectivity index (χ0) is 17.3. The number of halogens is 1. The van der Waals surface area contributed by atoms with E-state index in [1.807, 2.05) is 0 Å². The maximum absolute atomic E-state index is 12.5. The molecule has 24 heavy (non-hydrogen) atoms. The number of sulfonamides is 1. The van der Waals surface area contributed by atoms with Crippen LogP contribution in [-0.2, 0) is 14.8 Å². The molecule has 0 aliphatic heterocycles. The van der Waals surface area contributed by atoms with Crippen LogP contribution < -0.4 is 11.1 Å². The molecule has 0 unspecified atom stereocenters. The summed E-state index contributed by atoms with van der Waals surface area (Å²) in [6.07, 6.45) is 4.30. The summed E-state index contributed by atoms with van der Waals surface area (Å²) in [7, 11) is -0.589. The molecule has 0 bridgehead atoms. The van der Waals surface area contributed by atoms with Gasteiger partial charge in [-0.3, -0.25) is 4.79 Å². The summed E-state index contributed by atoms with van der Waals surface area (Å²) in [4.78, 5) is 12.7. The minimum Gasteiger partial charge on any atom is -0.324 e. The summed E-state index contributed by atoms with van der Waals surface area (Å²) >= 11 is 0. The molecule has 1 amide bonds. The second-order valence-corrected chi connectivity index (χ2v) is 8.56.